The molecule has 0 spiro atoms. The Morgan fingerprint density at radius 2 is 1.96 bits per heavy atom. The summed E-state index contributed by atoms with van der Waals surface area (Å²) in [6, 6.07) is 12.3. The lowest BCUT2D eigenvalue weighted by Gasteiger charge is -2.26. The van der Waals surface area contributed by atoms with Gasteiger partial charge < -0.3 is 5.32 Å². The Morgan fingerprint density at radius 1 is 1.13 bits per heavy atom. The molecule has 1 aromatic heterocycles. The maximum atomic E-state index is 13.5. The molecular formula is C18H17ClFN3. The molecule has 23 heavy (non-hydrogen) atoms. The van der Waals surface area contributed by atoms with E-state index >= 15 is 0 Å². The van der Waals surface area contributed by atoms with Gasteiger partial charge >= 0.3 is 0 Å². The van der Waals surface area contributed by atoms with Crippen LogP contribution < -0.4 is 5.32 Å². The molecule has 1 N–H and O–H groups in total. The maximum absolute atomic E-state index is 13.5. The van der Waals surface area contributed by atoms with Gasteiger partial charge in [0.2, 0.25) is 0 Å². The number of nitrogens with zero attached hydrogens (tertiary/aromatic N) is 2. The SMILES string of the molecule is CC(C)(CNc1ncnc2ccc(F)cc12)c1cccc(Cl)c1. The van der Waals surface area contributed by atoms with Gasteiger partial charge in [-0.3, -0.25) is 0 Å². The van der Waals surface area contributed by atoms with Crippen LogP contribution in [0.4, 0.5) is 10.2 Å². The molecule has 5 heteroatoms. The first-order valence-electron chi connectivity index (χ1n) is 7.36. The Kier molecular flexibility index (Phi) is 4.18. The summed E-state index contributed by atoms with van der Waals surface area (Å²) >= 11 is 6.08. The fraction of sp³-hybridized carbons (Fsp3) is 0.222. The van der Waals surface area contributed by atoms with Crippen LogP contribution in [0.1, 0.15) is 19.4 Å². The predicted octanol–water partition coefficient (Wildman–Crippen LogP) is 4.81. The highest BCUT2D eigenvalue weighted by Gasteiger charge is 2.21. The zero-order chi connectivity index (χ0) is 16.4. The summed E-state index contributed by atoms with van der Waals surface area (Å²) in [4.78, 5) is 8.41. The summed E-state index contributed by atoms with van der Waals surface area (Å²) in [6.07, 6.45) is 1.48. The molecule has 0 bridgehead atoms. The van der Waals surface area contributed by atoms with Gasteiger partial charge in [0.05, 0.1) is 5.52 Å². The number of nitrogens with one attached hydrogen (secondary N) is 1. The van der Waals surface area contributed by atoms with Crippen LogP contribution in [0, 0.1) is 5.82 Å². The number of aromatic nitrogens is 2. The summed E-state index contributed by atoms with van der Waals surface area (Å²) in [5, 5.41) is 4.70. The molecule has 118 valence electrons. The molecule has 0 aliphatic rings. The largest absolute Gasteiger partial charge is 0.369 e. The van der Waals surface area contributed by atoms with E-state index in [4.69, 9.17) is 11.6 Å². The predicted molar refractivity (Wildman–Crippen MR) is 92.5 cm³/mol. The van der Waals surface area contributed by atoms with Crippen molar-refractivity contribution in [2.24, 2.45) is 0 Å². The van der Waals surface area contributed by atoms with E-state index in [0.717, 1.165) is 5.56 Å². The average molecular weight is 330 g/mol. The lowest BCUT2D eigenvalue weighted by molar-refractivity contribution is 0.556. The van der Waals surface area contributed by atoms with E-state index in [1.54, 1.807) is 6.07 Å². The van der Waals surface area contributed by atoms with Gasteiger partial charge in [0.15, 0.2) is 0 Å². The van der Waals surface area contributed by atoms with Gasteiger partial charge in [-0.15, -0.1) is 0 Å². The van der Waals surface area contributed by atoms with Gasteiger partial charge in [0, 0.05) is 22.4 Å². The monoisotopic (exact) mass is 329 g/mol. The summed E-state index contributed by atoms with van der Waals surface area (Å²) < 4.78 is 13.5. The lowest BCUT2D eigenvalue weighted by Crippen LogP contribution is -2.28. The van der Waals surface area contributed by atoms with Gasteiger partial charge in [0.25, 0.3) is 0 Å². The molecule has 1 heterocycles. The third-order valence-electron chi connectivity index (χ3n) is 3.90. The fourth-order valence-electron chi connectivity index (χ4n) is 2.49. The molecule has 3 rings (SSSR count). The topological polar surface area (TPSA) is 37.8 Å². The van der Waals surface area contributed by atoms with Gasteiger partial charge in [-0.05, 0) is 35.9 Å². The van der Waals surface area contributed by atoms with Crippen LogP contribution in [0.3, 0.4) is 0 Å². The molecule has 3 nitrogen and oxygen atoms in total. The smallest absolute Gasteiger partial charge is 0.137 e. The Labute approximate surface area is 139 Å². The maximum Gasteiger partial charge on any atom is 0.137 e. The van der Waals surface area contributed by atoms with Crippen molar-refractivity contribution in [3.63, 3.8) is 0 Å². The van der Waals surface area contributed by atoms with Crippen molar-refractivity contribution in [1.82, 2.24) is 9.97 Å². The first kappa shape index (κ1) is 15.7. The van der Waals surface area contributed by atoms with Crippen molar-refractivity contribution >= 4 is 28.3 Å². The number of halogens is 2. The fourth-order valence-corrected chi connectivity index (χ4v) is 2.68. The molecular weight excluding hydrogens is 313 g/mol. The number of benzene rings is 2. The summed E-state index contributed by atoms with van der Waals surface area (Å²) in [7, 11) is 0. The number of fused-ring (bicyclic) bond motifs is 1. The molecule has 0 radical (unpaired) electrons. The molecule has 0 atom stereocenters. The first-order chi connectivity index (χ1) is 11.0. The van der Waals surface area contributed by atoms with Crippen LogP contribution in [0.15, 0.2) is 48.8 Å². The van der Waals surface area contributed by atoms with Crippen molar-refractivity contribution in [2.75, 3.05) is 11.9 Å². The minimum Gasteiger partial charge on any atom is -0.369 e. The van der Waals surface area contributed by atoms with Gasteiger partial charge in [0.1, 0.15) is 18.0 Å². The molecule has 0 saturated heterocycles. The minimum atomic E-state index is -0.301. The van der Waals surface area contributed by atoms with Gasteiger partial charge in [-0.25, -0.2) is 14.4 Å². The molecule has 0 unspecified atom stereocenters. The van der Waals surface area contributed by atoms with E-state index < -0.39 is 0 Å². The third kappa shape index (κ3) is 3.42. The number of anilines is 1. The quantitative estimate of drug-likeness (QED) is 0.746. The Morgan fingerprint density at radius 3 is 2.74 bits per heavy atom. The van der Waals surface area contributed by atoms with Crippen molar-refractivity contribution < 1.29 is 4.39 Å². The van der Waals surface area contributed by atoms with Crippen LogP contribution in [-0.4, -0.2) is 16.5 Å². The van der Waals surface area contributed by atoms with Crippen molar-refractivity contribution in [1.29, 1.82) is 0 Å². The van der Waals surface area contributed by atoms with E-state index in [9.17, 15) is 4.39 Å². The van der Waals surface area contributed by atoms with Gasteiger partial charge in [-0.1, -0.05) is 37.6 Å². The van der Waals surface area contributed by atoms with Crippen LogP contribution >= 0.6 is 11.6 Å². The van der Waals surface area contributed by atoms with Crippen molar-refractivity contribution in [3.05, 3.63) is 65.2 Å². The highest BCUT2D eigenvalue weighted by atomic mass is 35.5. The van der Waals surface area contributed by atoms with Crippen LogP contribution in [-0.2, 0) is 5.41 Å². The number of hydrogen-bond donors (Lipinski definition) is 1. The zero-order valence-electron chi connectivity index (χ0n) is 13.0. The molecule has 3 aromatic rings. The highest BCUT2D eigenvalue weighted by molar-refractivity contribution is 6.30. The molecule has 0 amide bonds. The second-order valence-corrected chi connectivity index (χ2v) is 6.57. The summed E-state index contributed by atoms with van der Waals surface area (Å²) in [5.41, 5.74) is 1.68. The number of hydrogen-bond acceptors (Lipinski definition) is 3. The zero-order valence-corrected chi connectivity index (χ0v) is 13.7. The van der Waals surface area contributed by atoms with E-state index in [1.807, 2.05) is 24.3 Å². The Hall–Kier alpha value is -2.20. The molecule has 2 aromatic carbocycles. The first-order valence-corrected chi connectivity index (χ1v) is 7.74. The van der Waals surface area contributed by atoms with E-state index in [0.29, 0.717) is 28.3 Å². The van der Waals surface area contributed by atoms with Gasteiger partial charge in [-0.2, -0.15) is 0 Å². The van der Waals surface area contributed by atoms with Crippen molar-refractivity contribution in [3.8, 4) is 0 Å². The van der Waals surface area contributed by atoms with Crippen molar-refractivity contribution in [2.45, 2.75) is 19.3 Å². The lowest BCUT2D eigenvalue weighted by atomic mass is 9.84. The molecule has 0 aliphatic heterocycles. The standard InChI is InChI=1S/C18H17ClFN3/c1-18(2,12-4-3-5-13(19)8-12)10-21-17-15-9-14(20)6-7-16(15)22-11-23-17/h3-9,11H,10H2,1-2H3,(H,21,22,23). The Bertz CT molecular complexity index is 849. The number of rotatable bonds is 4. The van der Waals surface area contributed by atoms with E-state index in [2.05, 4.69) is 29.1 Å². The molecule has 0 saturated carbocycles. The summed E-state index contributed by atoms with van der Waals surface area (Å²) in [5.74, 6) is 0.328. The minimum absolute atomic E-state index is 0.157. The third-order valence-corrected chi connectivity index (χ3v) is 4.14. The molecule has 0 fully saturated rings. The van der Waals surface area contributed by atoms with Crippen LogP contribution in [0.25, 0.3) is 10.9 Å². The van der Waals surface area contributed by atoms with Crippen LogP contribution in [0.2, 0.25) is 5.02 Å². The van der Waals surface area contributed by atoms with E-state index in [-0.39, 0.29) is 11.2 Å². The normalized spacial score (nSPS) is 11.7. The van der Waals surface area contributed by atoms with Crippen LogP contribution in [0.5, 0.6) is 0 Å². The molecule has 0 aliphatic carbocycles. The second-order valence-electron chi connectivity index (χ2n) is 6.13. The second kappa shape index (κ2) is 6.13. The highest BCUT2D eigenvalue weighted by Crippen LogP contribution is 2.27. The van der Waals surface area contributed by atoms with E-state index in [1.165, 1.54) is 18.5 Å². The summed E-state index contributed by atoms with van der Waals surface area (Å²) in [6.45, 7) is 4.88. The average Bonchev–Trinajstić information content (AvgIpc) is 2.53. The Balaban J connectivity index is 1.87.